The largest absolute Gasteiger partial charge is 0.313 e. The molecule has 0 aromatic heterocycles. The zero-order chi connectivity index (χ0) is 15.1. The standard InChI is InChI=1S/C18H37N3/c1-4-21(14-8-13-20(2)3)16-18(11-6-5-7-12-18)15-19-17-9-10-17/h17,19H,4-16H2,1-3H3. The van der Waals surface area contributed by atoms with Gasteiger partial charge in [-0.05, 0) is 71.2 Å². The molecular weight excluding hydrogens is 258 g/mol. The van der Waals surface area contributed by atoms with E-state index in [1.54, 1.807) is 0 Å². The van der Waals surface area contributed by atoms with Crippen LogP contribution in [0.1, 0.15) is 58.3 Å². The van der Waals surface area contributed by atoms with Gasteiger partial charge in [0.25, 0.3) is 0 Å². The van der Waals surface area contributed by atoms with Crippen molar-refractivity contribution in [1.29, 1.82) is 0 Å². The SMILES string of the molecule is CCN(CCCN(C)C)CC1(CNC2CC2)CCCCC1. The third-order valence-electron chi connectivity index (χ3n) is 5.34. The minimum atomic E-state index is 0.564. The van der Waals surface area contributed by atoms with Crippen LogP contribution < -0.4 is 5.32 Å². The fourth-order valence-corrected chi connectivity index (χ4v) is 3.77. The van der Waals surface area contributed by atoms with Gasteiger partial charge in [0, 0.05) is 19.1 Å². The Balaban J connectivity index is 1.82. The first-order chi connectivity index (χ1) is 10.1. The molecule has 0 atom stereocenters. The predicted octanol–water partition coefficient (Wildman–Crippen LogP) is 2.96. The summed E-state index contributed by atoms with van der Waals surface area (Å²) in [4.78, 5) is 5.02. The Hall–Kier alpha value is -0.120. The van der Waals surface area contributed by atoms with E-state index in [9.17, 15) is 0 Å². The van der Waals surface area contributed by atoms with Crippen molar-refractivity contribution in [2.75, 3.05) is 46.8 Å². The Kier molecular flexibility index (Phi) is 6.97. The molecule has 0 aromatic carbocycles. The number of nitrogens with zero attached hydrogens (tertiary/aromatic N) is 2. The lowest BCUT2D eigenvalue weighted by Crippen LogP contribution is -2.46. The summed E-state index contributed by atoms with van der Waals surface area (Å²) in [6, 6.07) is 0.854. The molecule has 3 nitrogen and oxygen atoms in total. The number of hydrogen-bond acceptors (Lipinski definition) is 3. The summed E-state index contributed by atoms with van der Waals surface area (Å²) in [7, 11) is 4.36. The van der Waals surface area contributed by atoms with Gasteiger partial charge >= 0.3 is 0 Å². The van der Waals surface area contributed by atoms with Gasteiger partial charge in [-0.15, -0.1) is 0 Å². The average Bonchev–Trinajstić information content (AvgIpc) is 3.29. The summed E-state index contributed by atoms with van der Waals surface area (Å²) >= 11 is 0. The summed E-state index contributed by atoms with van der Waals surface area (Å²) in [6.45, 7) is 8.60. The monoisotopic (exact) mass is 295 g/mol. The molecule has 0 amide bonds. The van der Waals surface area contributed by atoms with Gasteiger partial charge in [-0.1, -0.05) is 26.2 Å². The lowest BCUT2D eigenvalue weighted by Gasteiger charge is -2.41. The van der Waals surface area contributed by atoms with Crippen LogP contribution in [-0.2, 0) is 0 Å². The highest BCUT2D eigenvalue weighted by atomic mass is 15.1. The highest BCUT2D eigenvalue weighted by molar-refractivity contribution is 4.91. The van der Waals surface area contributed by atoms with Crippen LogP contribution in [0.15, 0.2) is 0 Å². The second-order valence-corrected chi connectivity index (χ2v) is 7.74. The van der Waals surface area contributed by atoms with Crippen LogP contribution in [0.2, 0.25) is 0 Å². The van der Waals surface area contributed by atoms with Gasteiger partial charge < -0.3 is 15.1 Å². The number of hydrogen-bond donors (Lipinski definition) is 1. The second kappa shape index (κ2) is 8.50. The highest BCUT2D eigenvalue weighted by Gasteiger charge is 2.35. The topological polar surface area (TPSA) is 18.5 Å². The summed E-state index contributed by atoms with van der Waals surface area (Å²) < 4.78 is 0. The Morgan fingerprint density at radius 3 is 2.33 bits per heavy atom. The van der Waals surface area contributed by atoms with E-state index >= 15 is 0 Å². The number of rotatable bonds is 10. The van der Waals surface area contributed by atoms with Crippen LogP contribution in [0, 0.1) is 5.41 Å². The van der Waals surface area contributed by atoms with Gasteiger partial charge in [-0.25, -0.2) is 0 Å². The predicted molar refractivity (Wildman–Crippen MR) is 91.8 cm³/mol. The molecule has 0 radical (unpaired) electrons. The van der Waals surface area contributed by atoms with Crippen molar-refractivity contribution in [2.24, 2.45) is 5.41 Å². The molecule has 0 saturated heterocycles. The van der Waals surface area contributed by atoms with Crippen LogP contribution >= 0.6 is 0 Å². The minimum Gasteiger partial charge on any atom is -0.313 e. The quantitative estimate of drug-likeness (QED) is 0.668. The maximum absolute atomic E-state index is 3.84. The molecule has 0 heterocycles. The molecule has 3 heteroatoms. The fourth-order valence-electron chi connectivity index (χ4n) is 3.77. The van der Waals surface area contributed by atoms with Crippen molar-refractivity contribution in [3.05, 3.63) is 0 Å². The first kappa shape index (κ1) is 17.2. The van der Waals surface area contributed by atoms with E-state index in [1.165, 1.54) is 84.1 Å². The zero-order valence-corrected chi connectivity index (χ0v) is 14.7. The molecule has 2 aliphatic carbocycles. The minimum absolute atomic E-state index is 0.564. The first-order valence-electron chi connectivity index (χ1n) is 9.24. The molecule has 124 valence electrons. The number of nitrogens with one attached hydrogen (secondary N) is 1. The van der Waals surface area contributed by atoms with Crippen molar-refractivity contribution in [2.45, 2.75) is 64.3 Å². The molecule has 2 saturated carbocycles. The smallest absolute Gasteiger partial charge is 0.00684 e. The van der Waals surface area contributed by atoms with Crippen molar-refractivity contribution in [3.8, 4) is 0 Å². The van der Waals surface area contributed by atoms with Crippen molar-refractivity contribution in [1.82, 2.24) is 15.1 Å². The van der Waals surface area contributed by atoms with E-state index in [4.69, 9.17) is 0 Å². The Morgan fingerprint density at radius 2 is 1.76 bits per heavy atom. The molecule has 2 fully saturated rings. The van der Waals surface area contributed by atoms with Crippen LogP contribution in [-0.4, -0.2) is 62.7 Å². The Labute approximate surface area is 132 Å². The molecule has 0 spiro atoms. The van der Waals surface area contributed by atoms with Gasteiger partial charge in [-0.3, -0.25) is 0 Å². The van der Waals surface area contributed by atoms with Gasteiger partial charge in [0.05, 0.1) is 0 Å². The molecule has 2 aliphatic rings. The van der Waals surface area contributed by atoms with Crippen molar-refractivity contribution < 1.29 is 0 Å². The highest BCUT2D eigenvalue weighted by Crippen LogP contribution is 2.37. The molecule has 0 aromatic rings. The summed E-state index contributed by atoms with van der Waals surface area (Å²) in [5.74, 6) is 0. The van der Waals surface area contributed by atoms with Gasteiger partial charge in [0.1, 0.15) is 0 Å². The average molecular weight is 296 g/mol. The maximum atomic E-state index is 3.84. The molecule has 21 heavy (non-hydrogen) atoms. The normalized spacial score (nSPS) is 22.1. The van der Waals surface area contributed by atoms with E-state index < -0.39 is 0 Å². The summed E-state index contributed by atoms with van der Waals surface area (Å²) in [6.07, 6.45) is 11.4. The van der Waals surface area contributed by atoms with E-state index in [2.05, 4.69) is 36.1 Å². The molecule has 0 aliphatic heterocycles. The van der Waals surface area contributed by atoms with Crippen LogP contribution in [0.3, 0.4) is 0 Å². The first-order valence-corrected chi connectivity index (χ1v) is 9.24. The van der Waals surface area contributed by atoms with Gasteiger partial charge in [0.2, 0.25) is 0 Å². The third kappa shape index (κ3) is 6.25. The third-order valence-corrected chi connectivity index (χ3v) is 5.34. The second-order valence-electron chi connectivity index (χ2n) is 7.74. The van der Waals surface area contributed by atoms with Crippen LogP contribution in [0.25, 0.3) is 0 Å². The molecular formula is C18H37N3. The van der Waals surface area contributed by atoms with Crippen LogP contribution in [0.5, 0.6) is 0 Å². The lowest BCUT2D eigenvalue weighted by atomic mass is 9.73. The lowest BCUT2D eigenvalue weighted by molar-refractivity contribution is 0.102. The Bertz CT molecular complexity index is 280. The van der Waals surface area contributed by atoms with E-state index in [0.717, 1.165) is 6.04 Å². The Morgan fingerprint density at radius 1 is 1.05 bits per heavy atom. The fraction of sp³-hybridized carbons (Fsp3) is 1.00. The van der Waals surface area contributed by atoms with E-state index in [0.29, 0.717) is 5.41 Å². The molecule has 0 unspecified atom stereocenters. The summed E-state index contributed by atoms with van der Waals surface area (Å²) in [5, 5.41) is 3.84. The van der Waals surface area contributed by atoms with Crippen molar-refractivity contribution in [3.63, 3.8) is 0 Å². The maximum Gasteiger partial charge on any atom is 0.00684 e. The molecule has 2 rings (SSSR count). The van der Waals surface area contributed by atoms with E-state index in [1.807, 2.05) is 0 Å². The van der Waals surface area contributed by atoms with Gasteiger partial charge in [0.15, 0.2) is 0 Å². The van der Waals surface area contributed by atoms with E-state index in [-0.39, 0.29) is 0 Å². The summed E-state index contributed by atoms with van der Waals surface area (Å²) in [5.41, 5.74) is 0.564. The van der Waals surface area contributed by atoms with Crippen molar-refractivity contribution >= 4 is 0 Å². The van der Waals surface area contributed by atoms with Gasteiger partial charge in [-0.2, -0.15) is 0 Å². The molecule has 0 bridgehead atoms. The van der Waals surface area contributed by atoms with Crippen LogP contribution in [0.4, 0.5) is 0 Å². The molecule has 1 N–H and O–H groups in total. The zero-order valence-electron chi connectivity index (χ0n) is 14.7.